The molecule has 0 aliphatic heterocycles. The number of carbonyl (C=O) groups is 1. The molecule has 2 aromatic carbocycles. The van der Waals surface area contributed by atoms with E-state index in [1.807, 2.05) is 26.1 Å². The van der Waals surface area contributed by atoms with E-state index < -0.39 is 0 Å². The lowest BCUT2D eigenvalue weighted by molar-refractivity contribution is -0.143. The molecule has 1 atom stereocenters. The van der Waals surface area contributed by atoms with Crippen molar-refractivity contribution in [1.29, 1.82) is 0 Å². The Kier molecular flexibility index (Phi) is 6.26. The van der Waals surface area contributed by atoms with Crippen LogP contribution in [-0.2, 0) is 23.0 Å². The zero-order valence-corrected chi connectivity index (χ0v) is 17.7. The minimum absolute atomic E-state index is 0.109. The molecule has 0 bridgehead atoms. The van der Waals surface area contributed by atoms with Gasteiger partial charge in [-0.3, -0.25) is 4.79 Å². The number of hydrogen-bond donors (Lipinski definition) is 0. The van der Waals surface area contributed by atoms with Crippen molar-refractivity contribution in [3.05, 3.63) is 59.8 Å². The highest BCUT2D eigenvalue weighted by atomic mass is 16.5. The average Bonchev–Trinajstić information content (AvgIpc) is 3.31. The topological polar surface area (TPSA) is 49.7 Å². The van der Waals surface area contributed by atoms with Crippen molar-refractivity contribution in [2.24, 2.45) is 7.05 Å². The Morgan fingerprint density at radius 3 is 2.63 bits per heavy atom. The Bertz CT molecular complexity index is 1020. The number of rotatable bonds is 9. The summed E-state index contributed by atoms with van der Waals surface area (Å²) in [6.45, 7) is 3.51. The average molecular weight is 408 g/mol. The van der Waals surface area contributed by atoms with Crippen molar-refractivity contribution in [2.45, 2.75) is 38.5 Å². The molecular weight excluding hydrogens is 378 g/mol. The van der Waals surface area contributed by atoms with Gasteiger partial charge >= 0.3 is 5.97 Å². The number of esters is 1. The molecule has 3 aromatic rings. The van der Waals surface area contributed by atoms with Crippen LogP contribution in [0.25, 0.3) is 10.9 Å². The van der Waals surface area contributed by atoms with E-state index in [-0.39, 0.29) is 11.9 Å². The Balaban J connectivity index is 1.23. The van der Waals surface area contributed by atoms with Crippen molar-refractivity contribution in [3.8, 4) is 11.5 Å². The molecule has 1 aliphatic rings. The molecule has 30 heavy (non-hydrogen) atoms. The third kappa shape index (κ3) is 4.61. The van der Waals surface area contributed by atoms with E-state index in [9.17, 15) is 4.79 Å². The molecule has 0 radical (unpaired) electrons. The van der Waals surface area contributed by atoms with Crippen LogP contribution in [0.3, 0.4) is 0 Å². The van der Waals surface area contributed by atoms with Gasteiger partial charge in [-0.1, -0.05) is 6.07 Å². The summed E-state index contributed by atoms with van der Waals surface area (Å²) in [4.78, 5) is 11.8. The van der Waals surface area contributed by atoms with E-state index in [0.717, 1.165) is 30.8 Å². The largest absolute Gasteiger partial charge is 0.493 e. The molecule has 158 valence electrons. The van der Waals surface area contributed by atoms with Crippen LogP contribution in [0.4, 0.5) is 0 Å². The highest BCUT2D eigenvalue weighted by molar-refractivity contribution is 5.81. The van der Waals surface area contributed by atoms with E-state index >= 15 is 0 Å². The summed E-state index contributed by atoms with van der Waals surface area (Å²) in [7, 11) is 2.04. The van der Waals surface area contributed by atoms with E-state index in [1.54, 1.807) is 0 Å². The van der Waals surface area contributed by atoms with Crippen LogP contribution in [0.5, 0.6) is 11.5 Å². The highest BCUT2D eigenvalue weighted by Gasteiger charge is 2.25. The van der Waals surface area contributed by atoms with Crippen LogP contribution in [0.1, 0.15) is 43.2 Å². The Hall–Kier alpha value is -2.95. The van der Waals surface area contributed by atoms with Crippen molar-refractivity contribution in [2.75, 3.05) is 19.8 Å². The number of benzene rings is 2. The molecular formula is C25H29NO4. The Labute approximate surface area is 177 Å². The monoisotopic (exact) mass is 407 g/mol. The first-order chi connectivity index (χ1) is 14.6. The van der Waals surface area contributed by atoms with Crippen LogP contribution < -0.4 is 9.47 Å². The quantitative estimate of drug-likeness (QED) is 0.370. The third-order valence-electron chi connectivity index (χ3n) is 5.72. The minimum atomic E-state index is -0.109. The van der Waals surface area contributed by atoms with Crippen molar-refractivity contribution >= 4 is 16.9 Å². The zero-order chi connectivity index (χ0) is 20.9. The summed E-state index contributed by atoms with van der Waals surface area (Å²) < 4.78 is 19.0. The van der Waals surface area contributed by atoms with E-state index in [1.165, 1.54) is 22.0 Å². The van der Waals surface area contributed by atoms with Gasteiger partial charge in [-0.15, -0.1) is 0 Å². The molecule has 1 aliphatic carbocycles. The lowest BCUT2D eigenvalue weighted by atomic mass is 9.98. The second-order valence-corrected chi connectivity index (χ2v) is 7.80. The molecule has 5 nitrogen and oxygen atoms in total. The van der Waals surface area contributed by atoms with Crippen molar-refractivity contribution in [3.63, 3.8) is 0 Å². The molecule has 1 aromatic heterocycles. The third-order valence-corrected chi connectivity index (χ3v) is 5.72. The predicted octanol–water partition coefficient (Wildman–Crippen LogP) is 5.01. The maximum absolute atomic E-state index is 11.8. The molecule has 0 spiro atoms. The number of aryl methyl sites for hydroxylation is 2. The van der Waals surface area contributed by atoms with Gasteiger partial charge < -0.3 is 18.8 Å². The summed E-state index contributed by atoms with van der Waals surface area (Å²) in [6, 6.07) is 14.5. The Morgan fingerprint density at radius 2 is 1.83 bits per heavy atom. The molecule has 0 saturated heterocycles. The number of aromatic nitrogens is 1. The highest BCUT2D eigenvalue weighted by Crippen LogP contribution is 2.37. The second kappa shape index (κ2) is 9.24. The molecule has 0 unspecified atom stereocenters. The smallest absolute Gasteiger partial charge is 0.306 e. The van der Waals surface area contributed by atoms with Gasteiger partial charge in [0, 0.05) is 30.6 Å². The Morgan fingerprint density at radius 1 is 1.07 bits per heavy atom. The summed E-state index contributed by atoms with van der Waals surface area (Å²) >= 11 is 0. The fourth-order valence-corrected chi connectivity index (χ4v) is 4.19. The normalized spacial score (nSPS) is 15.2. The van der Waals surface area contributed by atoms with Crippen LogP contribution >= 0.6 is 0 Å². The van der Waals surface area contributed by atoms with E-state index in [2.05, 4.69) is 41.1 Å². The van der Waals surface area contributed by atoms with Gasteiger partial charge in [-0.25, -0.2) is 0 Å². The van der Waals surface area contributed by atoms with E-state index in [4.69, 9.17) is 14.2 Å². The van der Waals surface area contributed by atoms with E-state index in [0.29, 0.717) is 26.2 Å². The molecule has 0 N–H and O–H groups in total. The molecule has 4 rings (SSSR count). The van der Waals surface area contributed by atoms with Gasteiger partial charge in [0.15, 0.2) is 0 Å². The van der Waals surface area contributed by atoms with Gasteiger partial charge in [0.2, 0.25) is 0 Å². The molecule has 0 amide bonds. The first kappa shape index (κ1) is 20.3. The lowest BCUT2D eigenvalue weighted by Gasteiger charge is -2.12. The fraction of sp³-hybridized carbons (Fsp3) is 0.400. The lowest BCUT2D eigenvalue weighted by Crippen LogP contribution is -2.08. The van der Waals surface area contributed by atoms with Crippen LogP contribution in [0, 0.1) is 0 Å². The van der Waals surface area contributed by atoms with Gasteiger partial charge in [-0.05, 0) is 73.2 Å². The number of hydrogen-bond acceptors (Lipinski definition) is 4. The zero-order valence-electron chi connectivity index (χ0n) is 17.7. The first-order valence-corrected chi connectivity index (χ1v) is 10.7. The summed E-state index contributed by atoms with van der Waals surface area (Å²) in [5.41, 5.74) is 3.75. The molecule has 0 saturated carbocycles. The van der Waals surface area contributed by atoms with Crippen molar-refractivity contribution < 1.29 is 19.0 Å². The standard InChI is InChI=1S/C25H29NO4/c1-3-28-25(27)17-19-6-5-18-15-21(7-9-23(18)19)29-13-4-14-30-22-8-10-24-20(16-22)11-12-26(24)2/h7-12,15-16,19H,3-6,13-14,17H2,1-2H3/t19-/m0/s1. The van der Waals surface area contributed by atoms with Crippen LogP contribution in [0.15, 0.2) is 48.7 Å². The number of carbonyl (C=O) groups excluding carboxylic acids is 1. The molecule has 5 heteroatoms. The maximum Gasteiger partial charge on any atom is 0.306 e. The van der Waals surface area contributed by atoms with Gasteiger partial charge in [0.25, 0.3) is 0 Å². The number of fused-ring (bicyclic) bond motifs is 2. The summed E-state index contributed by atoms with van der Waals surface area (Å²) in [5, 5.41) is 1.19. The van der Waals surface area contributed by atoms with Crippen LogP contribution in [-0.4, -0.2) is 30.4 Å². The van der Waals surface area contributed by atoms with Crippen LogP contribution in [0.2, 0.25) is 0 Å². The van der Waals surface area contributed by atoms with Gasteiger partial charge in [-0.2, -0.15) is 0 Å². The number of nitrogens with zero attached hydrogens (tertiary/aromatic N) is 1. The molecule has 0 fully saturated rings. The SMILES string of the molecule is CCOC(=O)C[C@@H]1CCc2cc(OCCCOc3ccc4c(ccn4C)c3)ccc21. The molecule has 1 heterocycles. The predicted molar refractivity (Wildman–Crippen MR) is 117 cm³/mol. The van der Waals surface area contributed by atoms with Crippen molar-refractivity contribution in [1.82, 2.24) is 4.57 Å². The minimum Gasteiger partial charge on any atom is -0.493 e. The number of ether oxygens (including phenoxy) is 3. The summed E-state index contributed by atoms with van der Waals surface area (Å²) in [6.07, 6.45) is 5.32. The first-order valence-electron chi connectivity index (χ1n) is 10.7. The van der Waals surface area contributed by atoms with Gasteiger partial charge in [0.05, 0.1) is 26.2 Å². The second-order valence-electron chi connectivity index (χ2n) is 7.80. The maximum atomic E-state index is 11.8. The fourth-order valence-electron chi connectivity index (χ4n) is 4.19. The van der Waals surface area contributed by atoms with Gasteiger partial charge in [0.1, 0.15) is 11.5 Å². The summed E-state index contributed by atoms with van der Waals surface area (Å²) in [5.74, 6) is 1.93.